The van der Waals surface area contributed by atoms with Gasteiger partial charge < -0.3 is 14.5 Å². The average molecular weight is 332 g/mol. The number of rotatable bonds is 4. The number of hydrogen-bond acceptors (Lipinski definition) is 5. The maximum Gasteiger partial charge on any atom is 0.343 e. The predicted octanol–water partition coefficient (Wildman–Crippen LogP) is 0.868. The summed E-state index contributed by atoms with van der Waals surface area (Å²) in [5, 5.41) is 0. The van der Waals surface area contributed by atoms with Gasteiger partial charge in [0.15, 0.2) is 6.04 Å². The molecular formula is C17H17FN2O4. The molecule has 2 aliphatic heterocycles. The van der Waals surface area contributed by atoms with Crippen molar-refractivity contribution in [1.29, 1.82) is 0 Å². The highest BCUT2D eigenvalue weighted by Gasteiger charge is 2.46. The van der Waals surface area contributed by atoms with Crippen molar-refractivity contribution in [3.63, 3.8) is 0 Å². The molecule has 0 radical (unpaired) electrons. The van der Waals surface area contributed by atoms with Crippen molar-refractivity contribution in [3.8, 4) is 0 Å². The first-order valence-electron chi connectivity index (χ1n) is 7.73. The zero-order valence-corrected chi connectivity index (χ0v) is 13.2. The first kappa shape index (κ1) is 16.2. The Morgan fingerprint density at radius 3 is 2.83 bits per heavy atom. The molecule has 1 aromatic rings. The molecule has 1 atom stereocenters. The minimum Gasteiger partial charge on any atom is -0.462 e. The van der Waals surface area contributed by atoms with Crippen LogP contribution in [0.3, 0.4) is 0 Å². The summed E-state index contributed by atoms with van der Waals surface area (Å²) in [5.41, 5.74) is 0.559. The molecule has 6 nitrogen and oxygen atoms in total. The molecule has 2 aliphatic rings. The smallest absolute Gasteiger partial charge is 0.343 e. The highest BCUT2D eigenvalue weighted by molar-refractivity contribution is 6.26. The number of halogens is 1. The molecular weight excluding hydrogens is 315 g/mol. The zero-order chi connectivity index (χ0) is 17.3. The van der Waals surface area contributed by atoms with Crippen LogP contribution in [0.15, 0.2) is 36.0 Å². The second-order valence-corrected chi connectivity index (χ2v) is 5.66. The van der Waals surface area contributed by atoms with Crippen molar-refractivity contribution in [2.45, 2.75) is 19.5 Å². The van der Waals surface area contributed by atoms with Crippen molar-refractivity contribution in [2.24, 2.45) is 0 Å². The topological polar surface area (TPSA) is 66.9 Å². The SMILES string of the molecule is CCOC(=O)C1=CN2CCN(Cc3cccc(F)c3)C(=O)C2C1=O. The summed E-state index contributed by atoms with van der Waals surface area (Å²) in [5.74, 6) is -2.00. The van der Waals surface area contributed by atoms with Gasteiger partial charge in [0.05, 0.1) is 6.61 Å². The van der Waals surface area contributed by atoms with E-state index in [0.29, 0.717) is 18.7 Å². The molecule has 3 rings (SSSR count). The van der Waals surface area contributed by atoms with E-state index in [1.165, 1.54) is 23.2 Å². The maximum atomic E-state index is 13.3. The first-order valence-corrected chi connectivity index (χ1v) is 7.73. The third-order valence-electron chi connectivity index (χ3n) is 4.07. The highest BCUT2D eigenvalue weighted by atomic mass is 19.1. The quantitative estimate of drug-likeness (QED) is 0.465. The lowest BCUT2D eigenvalue weighted by Crippen LogP contribution is -2.55. The molecule has 0 N–H and O–H groups in total. The number of carbonyl (C=O) groups excluding carboxylic acids is 3. The molecule has 1 aromatic carbocycles. The zero-order valence-electron chi connectivity index (χ0n) is 13.2. The number of Topliss-reactive ketones (excluding diaryl/α,β-unsaturated/α-hetero) is 1. The number of fused-ring (bicyclic) bond motifs is 1. The van der Waals surface area contributed by atoms with Crippen LogP contribution in [0.1, 0.15) is 12.5 Å². The lowest BCUT2D eigenvalue weighted by atomic mass is 10.0. The molecule has 126 valence electrons. The van der Waals surface area contributed by atoms with E-state index in [-0.39, 0.29) is 30.4 Å². The number of amides is 1. The molecule has 1 fully saturated rings. The molecule has 2 heterocycles. The minimum absolute atomic E-state index is 0.0946. The summed E-state index contributed by atoms with van der Waals surface area (Å²) in [6.07, 6.45) is 1.41. The van der Waals surface area contributed by atoms with Crippen LogP contribution < -0.4 is 0 Å². The van der Waals surface area contributed by atoms with Crippen LogP contribution in [0, 0.1) is 5.82 Å². The van der Waals surface area contributed by atoms with Crippen molar-refractivity contribution in [1.82, 2.24) is 9.80 Å². The monoisotopic (exact) mass is 332 g/mol. The molecule has 1 unspecified atom stereocenters. The summed E-state index contributed by atoms with van der Waals surface area (Å²) >= 11 is 0. The van der Waals surface area contributed by atoms with E-state index in [4.69, 9.17) is 4.74 Å². The molecule has 0 saturated carbocycles. The number of benzene rings is 1. The summed E-state index contributed by atoms with van der Waals surface area (Å²) in [4.78, 5) is 39.9. The van der Waals surface area contributed by atoms with Crippen LogP contribution in [0.25, 0.3) is 0 Å². The summed E-state index contributed by atoms with van der Waals surface area (Å²) < 4.78 is 18.1. The van der Waals surface area contributed by atoms with Crippen molar-refractivity contribution >= 4 is 17.7 Å². The fraction of sp³-hybridized carbons (Fsp3) is 0.353. The molecule has 0 aromatic heterocycles. The van der Waals surface area contributed by atoms with Gasteiger partial charge in [0.2, 0.25) is 5.78 Å². The van der Waals surface area contributed by atoms with Crippen LogP contribution in [-0.4, -0.2) is 53.2 Å². The van der Waals surface area contributed by atoms with Gasteiger partial charge in [-0.2, -0.15) is 0 Å². The highest BCUT2D eigenvalue weighted by Crippen LogP contribution is 2.25. The third kappa shape index (κ3) is 2.89. The Balaban J connectivity index is 1.74. The number of hydrogen-bond donors (Lipinski definition) is 0. The molecule has 1 amide bonds. The van der Waals surface area contributed by atoms with Crippen LogP contribution in [-0.2, 0) is 25.7 Å². The Kier molecular flexibility index (Phi) is 4.33. The van der Waals surface area contributed by atoms with Crippen LogP contribution in [0.5, 0.6) is 0 Å². The molecule has 1 saturated heterocycles. The van der Waals surface area contributed by atoms with Crippen molar-refractivity contribution in [2.75, 3.05) is 19.7 Å². The number of ketones is 1. The van der Waals surface area contributed by atoms with E-state index in [1.807, 2.05) is 0 Å². The van der Waals surface area contributed by atoms with Gasteiger partial charge in [-0.25, -0.2) is 9.18 Å². The van der Waals surface area contributed by atoms with Gasteiger partial charge in [-0.3, -0.25) is 9.59 Å². The minimum atomic E-state index is -1.02. The van der Waals surface area contributed by atoms with Gasteiger partial charge >= 0.3 is 5.97 Å². The van der Waals surface area contributed by atoms with E-state index >= 15 is 0 Å². The maximum absolute atomic E-state index is 13.3. The average Bonchev–Trinajstić information content (AvgIpc) is 2.88. The fourth-order valence-corrected chi connectivity index (χ4v) is 2.94. The number of piperazine rings is 1. The van der Waals surface area contributed by atoms with Gasteiger partial charge in [-0.15, -0.1) is 0 Å². The number of carbonyl (C=O) groups is 3. The third-order valence-corrected chi connectivity index (χ3v) is 4.07. The molecule has 0 spiro atoms. The van der Waals surface area contributed by atoms with Gasteiger partial charge in [0.25, 0.3) is 5.91 Å². The van der Waals surface area contributed by atoms with Gasteiger partial charge in [-0.1, -0.05) is 12.1 Å². The van der Waals surface area contributed by atoms with E-state index in [0.717, 1.165) is 0 Å². The molecule has 7 heteroatoms. The molecule has 0 aliphatic carbocycles. The second-order valence-electron chi connectivity index (χ2n) is 5.66. The van der Waals surface area contributed by atoms with E-state index in [1.54, 1.807) is 24.0 Å². The first-order chi connectivity index (χ1) is 11.5. The number of nitrogens with zero attached hydrogens (tertiary/aromatic N) is 2. The Hall–Kier alpha value is -2.70. The standard InChI is InChI=1S/C17H17FN2O4/c1-2-24-17(23)13-10-19-6-7-20(16(22)14(19)15(13)21)9-11-4-3-5-12(18)8-11/h3-5,8,10,14H,2,6-7,9H2,1H3. The van der Waals surface area contributed by atoms with E-state index in [9.17, 15) is 18.8 Å². The Labute approximate surface area is 138 Å². The van der Waals surface area contributed by atoms with Gasteiger partial charge in [0, 0.05) is 25.8 Å². The number of esters is 1. The second kappa shape index (κ2) is 6.43. The Morgan fingerprint density at radius 1 is 1.33 bits per heavy atom. The van der Waals surface area contributed by atoms with Gasteiger partial charge in [-0.05, 0) is 24.6 Å². The Bertz CT molecular complexity index is 731. The summed E-state index contributed by atoms with van der Waals surface area (Å²) in [6.45, 7) is 2.86. The van der Waals surface area contributed by atoms with Gasteiger partial charge in [0.1, 0.15) is 11.4 Å². The van der Waals surface area contributed by atoms with E-state index < -0.39 is 17.8 Å². The van der Waals surface area contributed by atoms with E-state index in [2.05, 4.69) is 0 Å². The van der Waals surface area contributed by atoms with Crippen LogP contribution in [0.4, 0.5) is 4.39 Å². The normalized spacial score (nSPS) is 20.1. The van der Waals surface area contributed by atoms with Crippen LogP contribution >= 0.6 is 0 Å². The summed E-state index contributed by atoms with van der Waals surface area (Å²) in [6, 6.07) is 4.97. The Morgan fingerprint density at radius 2 is 2.12 bits per heavy atom. The largest absolute Gasteiger partial charge is 0.462 e. The van der Waals surface area contributed by atoms with Crippen LogP contribution in [0.2, 0.25) is 0 Å². The van der Waals surface area contributed by atoms with Crippen molar-refractivity contribution < 1.29 is 23.5 Å². The number of ether oxygens (including phenoxy) is 1. The van der Waals surface area contributed by atoms with Crippen molar-refractivity contribution in [3.05, 3.63) is 47.4 Å². The lowest BCUT2D eigenvalue weighted by molar-refractivity contribution is -0.144. The fourth-order valence-electron chi connectivity index (χ4n) is 2.94. The molecule has 24 heavy (non-hydrogen) atoms. The predicted molar refractivity (Wildman–Crippen MR) is 82.0 cm³/mol. The summed E-state index contributed by atoms with van der Waals surface area (Å²) in [7, 11) is 0. The lowest BCUT2D eigenvalue weighted by Gasteiger charge is -2.36. The molecule has 0 bridgehead atoms.